The molecule has 1 N–H and O–H groups in total. The van der Waals surface area contributed by atoms with Gasteiger partial charge in [0.2, 0.25) is 0 Å². The van der Waals surface area contributed by atoms with Gasteiger partial charge in [0.25, 0.3) is 0 Å². The fourth-order valence-corrected chi connectivity index (χ4v) is 2.95. The van der Waals surface area contributed by atoms with Gasteiger partial charge in [0.1, 0.15) is 5.82 Å². The summed E-state index contributed by atoms with van der Waals surface area (Å²) in [5, 5.41) is 4.02. The average Bonchev–Trinajstić information content (AvgIpc) is 2.42. The lowest BCUT2D eigenvalue weighted by Gasteiger charge is -2.38. The van der Waals surface area contributed by atoms with Gasteiger partial charge in [-0.1, -0.05) is 31.5 Å². The summed E-state index contributed by atoms with van der Waals surface area (Å²) in [6.07, 6.45) is 2.55. The third-order valence-corrected chi connectivity index (χ3v) is 4.41. The average molecular weight is 300 g/mol. The van der Waals surface area contributed by atoms with Gasteiger partial charge in [0.05, 0.1) is 0 Å². The molecule has 0 spiro atoms. The SMILES string of the molecule is CC(C)NCC1(Cc2c(F)cccc2Cl)CCOCC1. The molecule has 4 heteroatoms. The second-order valence-corrected chi connectivity index (χ2v) is 6.43. The van der Waals surface area contributed by atoms with Crippen LogP contribution in [0.2, 0.25) is 5.02 Å². The molecule has 1 aromatic rings. The van der Waals surface area contributed by atoms with Crippen LogP contribution >= 0.6 is 11.6 Å². The molecule has 0 amide bonds. The molecule has 1 aliphatic heterocycles. The van der Waals surface area contributed by atoms with E-state index in [0.29, 0.717) is 23.0 Å². The van der Waals surface area contributed by atoms with E-state index in [-0.39, 0.29) is 11.2 Å². The number of hydrogen-bond donors (Lipinski definition) is 1. The first kappa shape index (κ1) is 15.7. The van der Waals surface area contributed by atoms with Crippen molar-refractivity contribution in [2.75, 3.05) is 19.8 Å². The molecule has 1 saturated heterocycles. The summed E-state index contributed by atoms with van der Waals surface area (Å²) in [5.74, 6) is -0.201. The lowest BCUT2D eigenvalue weighted by Crippen LogP contribution is -2.43. The summed E-state index contributed by atoms with van der Waals surface area (Å²) in [4.78, 5) is 0. The first-order valence-electron chi connectivity index (χ1n) is 7.26. The van der Waals surface area contributed by atoms with Crippen molar-refractivity contribution < 1.29 is 9.13 Å². The molecule has 0 aromatic heterocycles. The van der Waals surface area contributed by atoms with E-state index in [1.54, 1.807) is 12.1 Å². The minimum absolute atomic E-state index is 0.0361. The van der Waals surface area contributed by atoms with Crippen molar-refractivity contribution in [3.8, 4) is 0 Å². The molecule has 1 aliphatic rings. The monoisotopic (exact) mass is 299 g/mol. The van der Waals surface area contributed by atoms with E-state index in [0.717, 1.165) is 32.6 Å². The molecular formula is C16H23ClFNO. The molecule has 112 valence electrons. The molecular weight excluding hydrogens is 277 g/mol. The van der Waals surface area contributed by atoms with Crippen molar-refractivity contribution in [2.45, 2.75) is 39.2 Å². The molecule has 2 rings (SSSR count). The van der Waals surface area contributed by atoms with Crippen molar-refractivity contribution >= 4 is 11.6 Å². The van der Waals surface area contributed by atoms with Gasteiger partial charge in [-0.3, -0.25) is 0 Å². The first-order chi connectivity index (χ1) is 9.52. The van der Waals surface area contributed by atoms with Gasteiger partial charge >= 0.3 is 0 Å². The molecule has 1 fully saturated rings. The van der Waals surface area contributed by atoms with Crippen molar-refractivity contribution in [2.24, 2.45) is 5.41 Å². The van der Waals surface area contributed by atoms with E-state index in [2.05, 4.69) is 19.2 Å². The van der Waals surface area contributed by atoms with E-state index in [1.165, 1.54) is 6.07 Å². The predicted octanol–water partition coefficient (Wildman–Crippen LogP) is 3.82. The van der Waals surface area contributed by atoms with Gasteiger partial charge in [-0.25, -0.2) is 4.39 Å². The summed E-state index contributed by atoms with van der Waals surface area (Å²) in [7, 11) is 0. The molecule has 0 radical (unpaired) electrons. The van der Waals surface area contributed by atoms with Crippen LogP contribution in [0.4, 0.5) is 4.39 Å². The summed E-state index contributed by atoms with van der Waals surface area (Å²) < 4.78 is 19.5. The number of nitrogens with one attached hydrogen (secondary N) is 1. The van der Waals surface area contributed by atoms with Crippen LogP contribution in [0.15, 0.2) is 18.2 Å². The Balaban J connectivity index is 2.18. The lowest BCUT2D eigenvalue weighted by atomic mass is 9.75. The Morgan fingerprint density at radius 1 is 1.35 bits per heavy atom. The van der Waals surface area contributed by atoms with Crippen LogP contribution in [0.3, 0.4) is 0 Å². The number of hydrogen-bond acceptors (Lipinski definition) is 2. The Morgan fingerprint density at radius 3 is 2.65 bits per heavy atom. The van der Waals surface area contributed by atoms with Crippen LogP contribution < -0.4 is 5.32 Å². The lowest BCUT2D eigenvalue weighted by molar-refractivity contribution is 0.0137. The number of ether oxygens (including phenoxy) is 1. The third kappa shape index (κ3) is 3.94. The Labute approximate surface area is 125 Å². The fraction of sp³-hybridized carbons (Fsp3) is 0.625. The maximum Gasteiger partial charge on any atom is 0.127 e. The maximum atomic E-state index is 14.0. The third-order valence-electron chi connectivity index (χ3n) is 4.05. The van der Waals surface area contributed by atoms with E-state index in [4.69, 9.17) is 16.3 Å². The quantitative estimate of drug-likeness (QED) is 0.892. The van der Waals surface area contributed by atoms with Crippen LogP contribution in [0.1, 0.15) is 32.3 Å². The summed E-state index contributed by atoms with van der Waals surface area (Å²) in [5.41, 5.74) is 0.676. The Morgan fingerprint density at radius 2 is 2.05 bits per heavy atom. The van der Waals surface area contributed by atoms with Gasteiger partial charge in [0.15, 0.2) is 0 Å². The van der Waals surface area contributed by atoms with E-state index >= 15 is 0 Å². The first-order valence-corrected chi connectivity index (χ1v) is 7.64. The smallest absolute Gasteiger partial charge is 0.127 e. The largest absolute Gasteiger partial charge is 0.381 e. The minimum Gasteiger partial charge on any atom is -0.381 e. The van der Waals surface area contributed by atoms with E-state index in [1.807, 2.05) is 0 Å². The Kier molecular flexibility index (Phi) is 5.42. The molecule has 2 nitrogen and oxygen atoms in total. The summed E-state index contributed by atoms with van der Waals surface area (Å²) in [6.45, 7) is 6.61. The van der Waals surface area contributed by atoms with Crippen molar-refractivity contribution in [3.05, 3.63) is 34.6 Å². The Hall–Kier alpha value is -0.640. The second kappa shape index (κ2) is 6.88. The Bertz CT molecular complexity index is 424. The van der Waals surface area contributed by atoms with Crippen LogP contribution in [0.5, 0.6) is 0 Å². The number of benzene rings is 1. The zero-order chi connectivity index (χ0) is 14.6. The molecule has 1 aromatic carbocycles. The molecule has 0 atom stereocenters. The molecule has 1 heterocycles. The fourth-order valence-electron chi connectivity index (χ4n) is 2.72. The highest BCUT2D eigenvalue weighted by atomic mass is 35.5. The van der Waals surface area contributed by atoms with Gasteiger partial charge in [-0.15, -0.1) is 0 Å². The highest BCUT2D eigenvalue weighted by Gasteiger charge is 2.34. The molecule has 20 heavy (non-hydrogen) atoms. The van der Waals surface area contributed by atoms with Crippen molar-refractivity contribution in [3.63, 3.8) is 0 Å². The summed E-state index contributed by atoms with van der Waals surface area (Å²) >= 11 is 6.18. The highest BCUT2D eigenvalue weighted by molar-refractivity contribution is 6.31. The van der Waals surface area contributed by atoms with Gasteiger partial charge in [-0.2, -0.15) is 0 Å². The molecule has 0 unspecified atom stereocenters. The minimum atomic E-state index is -0.201. The number of halogens is 2. The summed E-state index contributed by atoms with van der Waals surface area (Å²) in [6, 6.07) is 5.34. The normalized spacial score (nSPS) is 18.4. The standard InChI is InChI=1S/C16H23ClFNO/c1-12(2)19-11-16(6-8-20-9-7-16)10-13-14(17)4-3-5-15(13)18/h3-5,12,19H,6-11H2,1-2H3. The zero-order valence-corrected chi connectivity index (χ0v) is 13.0. The highest BCUT2D eigenvalue weighted by Crippen LogP contribution is 2.36. The van der Waals surface area contributed by atoms with Crippen LogP contribution in [-0.4, -0.2) is 25.8 Å². The topological polar surface area (TPSA) is 21.3 Å². The van der Waals surface area contributed by atoms with Gasteiger partial charge in [0, 0.05) is 36.4 Å². The second-order valence-electron chi connectivity index (χ2n) is 6.02. The number of rotatable bonds is 5. The molecule has 0 saturated carbocycles. The molecule has 0 bridgehead atoms. The zero-order valence-electron chi connectivity index (χ0n) is 12.2. The van der Waals surface area contributed by atoms with Crippen molar-refractivity contribution in [1.82, 2.24) is 5.32 Å². The van der Waals surface area contributed by atoms with Crippen LogP contribution in [-0.2, 0) is 11.2 Å². The van der Waals surface area contributed by atoms with Gasteiger partial charge < -0.3 is 10.1 Å². The maximum absolute atomic E-state index is 14.0. The predicted molar refractivity (Wildman–Crippen MR) is 80.7 cm³/mol. The van der Waals surface area contributed by atoms with E-state index < -0.39 is 0 Å². The van der Waals surface area contributed by atoms with Crippen molar-refractivity contribution in [1.29, 1.82) is 0 Å². The molecule has 0 aliphatic carbocycles. The van der Waals surface area contributed by atoms with E-state index in [9.17, 15) is 4.39 Å². The van der Waals surface area contributed by atoms with Gasteiger partial charge in [-0.05, 0) is 36.8 Å². The van der Waals surface area contributed by atoms with Crippen LogP contribution in [0.25, 0.3) is 0 Å². The van der Waals surface area contributed by atoms with Crippen LogP contribution in [0, 0.1) is 11.2 Å².